The van der Waals surface area contributed by atoms with E-state index >= 15 is 0 Å². The fraction of sp³-hybridized carbons (Fsp3) is 0.613. The van der Waals surface area contributed by atoms with Crippen LogP contribution in [0.5, 0.6) is 0 Å². The highest BCUT2D eigenvalue weighted by Crippen LogP contribution is 2.24. The van der Waals surface area contributed by atoms with Crippen molar-refractivity contribution in [1.82, 2.24) is 25.8 Å². The van der Waals surface area contributed by atoms with Gasteiger partial charge in [-0.15, -0.1) is 11.8 Å². The number of rotatable bonds is 13. The van der Waals surface area contributed by atoms with Crippen LogP contribution in [0, 0.1) is 5.92 Å². The van der Waals surface area contributed by atoms with Crippen molar-refractivity contribution in [1.29, 1.82) is 0 Å². The summed E-state index contributed by atoms with van der Waals surface area (Å²) >= 11 is 1.37. The number of carbonyl (C=O) groups is 6. The minimum atomic E-state index is -1.20. The van der Waals surface area contributed by atoms with E-state index in [9.17, 15) is 28.8 Å². The number of urea groups is 1. The van der Waals surface area contributed by atoms with E-state index in [1.165, 1.54) is 28.6 Å². The van der Waals surface area contributed by atoms with E-state index in [1.807, 2.05) is 6.07 Å². The maximum atomic E-state index is 13.7. The summed E-state index contributed by atoms with van der Waals surface area (Å²) in [6.45, 7) is 12.3. The monoisotopic (exact) mass is 649 g/mol. The van der Waals surface area contributed by atoms with Gasteiger partial charge in [0.15, 0.2) is 0 Å². The number of nitrogens with zero attached hydrogens (tertiary/aromatic N) is 2. The molecule has 3 N–H and O–H groups in total. The Balaban J connectivity index is 2.10. The fourth-order valence-corrected chi connectivity index (χ4v) is 5.46. The molecular weight excluding hydrogens is 602 g/mol. The van der Waals surface area contributed by atoms with E-state index < -0.39 is 65.5 Å². The molecule has 0 aliphatic carbocycles. The van der Waals surface area contributed by atoms with Gasteiger partial charge in [-0.25, -0.2) is 14.4 Å². The van der Waals surface area contributed by atoms with Crippen LogP contribution in [0.25, 0.3) is 0 Å². The number of esters is 1. The molecule has 0 unspecified atom stereocenters. The van der Waals surface area contributed by atoms with Crippen molar-refractivity contribution in [3.8, 4) is 0 Å². The Morgan fingerprint density at radius 3 is 2.24 bits per heavy atom. The molecule has 0 aromatic heterocycles. The summed E-state index contributed by atoms with van der Waals surface area (Å²) < 4.78 is 10.3. The first kappa shape index (κ1) is 37.4. The van der Waals surface area contributed by atoms with Gasteiger partial charge in [0.05, 0.1) is 12.0 Å². The molecule has 45 heavy (non-hydrogen) atoms. The molecule has 250 valence electrons. The smallest absolute Gasteiger partial charge is 0.407 e. The van der Waals surface area contributed by atoms with Gasteiger partial charge in [-0.05, 0) is 46.1 Å². The summed E-state index contributed by atoms with van der Waals surface area (Å²) in [4.78, 5) is 80.3. The number of alkyl carbamates (subject to hydrolysis) is 1. The van der Waals surface area contributed by atoms with Crippen LogP contribution >= 0.6 is 11.8 Å². The molecule has 1 saturated heterocycles. The summed E-state index contributed by atoms with van der Waals surface area (Å²) in [5.41, 5.74) is 0.0777. The minimum Gasteiger partial charge on any atom is -0.457 e. The molecule has 1 aromatic carbocycles. The second kappa shape index (κ2) is 17.0. The molecular formula is C31H47N5O8S. The fourth-order valence-electron chi connectivity index (χ4n) is 4.30. The van der Waals surface area contributed by atoms with Gasteiger partial charge < -0.3 is 35.2 Å². The van der Waals surface area contributed by atoms with Crippen LogP contribution in [0.2, 0.25) is 0 Å². The van der Waals surface area contributed by atoms with Gasteiger partial charge in [0.1, 0.15) is 23.7 Å². The van der Waals surface area contributed by atoms with Gasteiger partial charge in [-0.2, -0.15) is 0 Å². The zero-order valence-corrected chi connectivity index (χ0v) is 28.2. The molecule has 13 nitrogen and oxygen atoms in total. The van der Waals surface area contributed by atoms with Crippen molar-refractivity contribution >= 4 is 47.5 Å². The third-order valence-corrected chi connectivity index (χ3v) is 7.61. The van der Waals surface area contributed by atoms with Gasteiger partial charge >= 0.3 is 18.1 Å². The van der Waals surface area contributed by atoms with E-state index in [1.54, 1.807) is 72.7 Å². The molecule has 3 atom stereocenters. The SMILES string of the molecule is CC(C)OC(=O)C(=O)[C@H](Cc1ccccc1)NC(=O)[C@@H]1CSCN1C(=O)[C@@H](NC(=O)N(C)CCNC(=O)OC(C)(C)C)C(C)C. The Bertz CT molecular complexity index is 1200. The highest BCUT2D eigenvalue weighted by atomic mass is 32.2. The van der Waals surface area contributed by atoms with Crippen molar-refractivity contribution in [2.45, 2.75) is 84.7 Å². The lowest BCUT2D eigenvalue weighted by molar-refractivity contribution is -0.158. The van der Waals surface area contributed by atoms with Crippen LogP contribution < -0.4 is 16.0 Å². The van der Waals surface area contributed by atoms with Crippen LogP contribution in [-0.2, 0) is 35.1 Å². The third-order valence-electron chi connectivity index (χ3n) is 6.60. The Morgan fingerprint density at radius 2 is 1.67 bits per heavy atom. The quantitative estimate of drug-likeness (QED) is 0.215. The van der Waals surface area contributed by atoms with Crippen LogP contribution in [-0.4, -0.2) is 107 Å². The largest absolute Gasteiger partial charge is 0.457 e. The molecule has 0 radical (unpaired) electrons. The molecule has 1 aliphatic rings. The standard InChI is InChI=1S/C31H47N5O8S/c1-19(2)24(34-29(41)35(8)15-14-32-30(42)44-31(5,6)7)27(39)36-18-45-17-23(36)26(38)33-22(16-21-12-10-9-11-13-21)25(37)28(40)43-20(3)4/h9-13,19-20,22-24H,14-18H2,1-8H3,(H,32,42)(H,33,38)(H,34,41)/t22-,23-,24-/m0/s1. The van der Waals surface area contributed by atoms with Gasteiger partial charge in [0.2, 0.25) is 11.8 Å². The highest BCUT2D eigenvalue weighted by Gasteiger charge is 2.41. The lowest BCUT2D eigenvalue weighted by Gasteiger charge is -2.31. The average Bonchev–Trinajstić information content (AvgIpc) is 3.44. The third kappa shape index (κ3) is 12.2. The van der Waals surface area contributed by atoms with Crippen LogP contribution in [0.3, 0.4) is 0 Å². The number of Topliss-reactive ketones (excluding diaryl/α,β-unsaturated/α-hetero) is 1. The number of amides is 5. The normalized spacial score (nSPS) is 16.0. The Hall–Kier alpha value is -3.81. The second-order valence-corrected chi connectivity index (χ2v) is 13.4. The van der Waals surface area contributed by atoms with Crippen molar-refractivity contribution in [2.75, 3.05) is 31.8 Å². The molecule has 1 aromatic rings. The minimum absolute atomic E-state index is 0.0617. The summed E-state index contributed by atoms with van der Waals surface area (Å²) in [6, 6.07) is 5.34. The maximum Gasteiger partial charge on any atom is 0.407 e. The topological polar surface area (TPSA) is 163 Å². The van der Waals surface area contributed by atoms with E-state index in [0.717, 1.165) is 5.56 Å². The summed E-state index contributed by atoms with van der Waals surface area (Å²) in [5, 5.41) is 8.02. The zero-order chi connectivity index (χ0) is 33.9. The van der Waals surface area contributed by atoms with E-state index in [-0.39, 0.29) is 37.1 Å². The number of hydrogen-bond donors (Lipinski definition) is 3. The first-order chi connectivity index (χ1) is 21.0. The Morgan fingerprint density at radius 1 is 1.02 bits per heavy atom. The molecule has 2 rings (SSSR count). The van der Waals surface area contributed by atoms with Gasteiger partial charge in [0.25, 0.3) is 5.78 Å². The Kier molecular flexibility index (Phi) is 14.2. The van der Waals surface area contributed by atoms with Crippen LogP contribution in [0.1, 0.15) is 54.0 Å². The predicted octanol–water partition coefficient (Wildman–Crippen LogP) is 2.33. The molecule has 0 saturated carbocycles. The molecule has 1 aliphatic heterocycles. The van der Waals surface area contributed by atoms with Crippen LogP contribution in [0.4, 0.5) is 9.59 Å². The lowest BCUT2D eigenvalue weighted by Crippen LogP contribution is -2.59. The van der Waals surface area contributed by atoms with E-state index in [4.69, 9.17) is 9.47 Å². The Labute approximate surface area is 269 Å². The zero-order valence-electron chi connectivity index (χ0n) is 27.4. The average molecular weight is 650 g/mol. The number of ketones is 1. The second-order valence-electron chi connectivity index (χ2n) is 12.4. The maximum absolute atomic E-state index is 13.7. The van der Waals surface area contributed by atoms with Gasteiger partial charge in [0, 0.05) is 32.3 Å². The van der Waals surface area contributed by atoms with Crippen molar-refractivity contribution in [3.05, 3.63) is 35.9 Å². The van der Waals surface area contributed by atoms with Gasteiger partial charge in [-0.3, -0.25) is 14.4 Å². The lowest BCUT2D eigenvalue weighted by atomic mass is 10.0. The number of thioether (sulfide) groups is 1. The number of carbonyl (C=O) groups excluding carboxylic acids is 6. The molecule has 0 spiro atoms. The first-order valence-electron chi connectivity index (χ1n) is 15.0. The molecule has 14 heteroatoms. The van der Waals surface area contributed by atoms with Crippen molar-refractivity contribution in [2.24, 2.45) is 5.92 Å². The number of hydrogen-bond acceptors (Lipinski definition) is 9. The van der Waals surface area contributed by atoms with E-state index in [2.05, 4.69) is 16.0 Å². The molecule has 1 heterocycles. The first-order valence-corrected chi connectivity index (χ1v) is 16.1. The number of ether oxygens (including phenoxy) is 2. The number of benzene rings is 1. The van der Waals surface area contributed by atoms with Crippen molar-refractivity contribution in [3.63, 3.8) is 0 Å². The number of nitrogens with one attached hydrogen (secondary N) is 3. The van der Waals surface area contributed by atoms with E-state index in [0.29, 0.717) is 0 Å². The van der Waals surface area contributed by atoms with Gasteiger partial charge in [-0.1, -0.05) is 44.2 Å². The highest BCUT2D eigenvalue weighted by molar-refractivity contribution is 7.99. The van der Waals surface area contributed by atoms with Crippen molar-refractivity contribution < 1.29 is 38.2 Å². The summed E-state index contributed by atoms with van der Waals surface area (Å²) in [7, 11) is 1.53. The predicted molar refractivity (Wildman–Crippen MR) is 170 cm³/mol. The summed E-state index contributed by atoms with van der Waals surface area (Å²) in [6.07, 6.45) is -1.06. The molecule has 5 amide bonds. The summed E-state index contributed by atoms with van der Waals surface area (Å²) in [5.74, 6) is -2.81. The molecule has 1 fully saturated rings. The molecule has 0 bridgehead atoms. The van der Waals surface area contributed by atoms with Crippen LogP contribution in [0.15, 0.2) is 30.3 Å². The number of likely N-dealkylation sites (N-methyl/N-ethyl adjacent to an activating group) is 1.